The first-order valence-electron chi connectivity index (χ1n) is 4.29. The molecule has 0 spiro atoms. The number of hydrogen-bond donors (Lipinski definition) is 1. The lowest BCUT2D eigenvalue weighted by Crippen LogP contribution is -2.17. The molecule has 0 aliphatic rings. The summed E-state index contributed by atoms with van der Waals surface area (Å²) < 4.78 is 1.88. The molecule has 2 aromatic heterocycles. The van der Waals surface area contributed by atoms with Crippen molar-refractivity contribution in [1.82, 2.24) is 14.6 Å². The van der Waals surface area contributed by atoms with Crippen LogP contribution in [0.5, 0.6) is 0 Å². The molecular formula is C9H12N4. The molecule has 2 heterocycles. The van der Waals surface area contributed by atoms with E-state index in [-0.39, 0.29) is 6.04 Å². The third kappa shape index (κ3) is 1.67. The molecule has 0 saturated carbocycles. The van der Waals surface area contributed by atoms with Crippen LogP contribution >= 0.6 is 0 Å². The van der Waals surface area contributed by atoms with Crippen molar-refractivity contribution in [3.05, 3.63) is 30.2 Å². The molecule has 2 N–H and O–H groups in total. The Morgan fingerprint density at radius 3 is 3.23 bits per heavy atom. The molecule has 0 amide bonds. The molecule has 0 bridgehead atoms. The van der Waals surface area contributed by atoms with Gasteiger partial charge in [0.15, 0.2) is 5.65 Å². The number of nitrogens with two attached hydrogens (primary N) is 1. The fourth-order valence-corrected chi connectivity index (χ4v) is 1.36. The molecule has 68 valence electrons. The number of fused-ring (bicyclic) bond motifs is 1. The summed E-state index contributed by atoms with van der Waals surface area (Å²) in [4.78, 5) is 0. The lowest BCUT2D eigenvalue weighted by Gasteiger charge is -2.04. The van der Waals surface area contributed by atoms with E-state index in [1.165, 1.54) is 5.56 Å². The molecular weight excluding hydrogens is 164 g/mol. The Labute approximate surface area is 76.4 Å². The summed E-state index contributed by atoms with van der Waals surface area (Å²) in [5, 5.41) is 7.76. The lowest BCUT2D eigenvalue weighted by atomic mass is 10.1. The summed E-state index contributed by atoms with van der Waals surface area (Å²) in [6, 6.07) is 4.24. The van der Waals surface area contributed by atoms with E-state index in [0.717, 1.165) is 12.1 Å². The van der Waals surface area contributed by atoms with Gasteiger partial charge in [0.25, 0.3) is 0 Å². The van der Waals surface area contributed by atoms with Crippen LogP contribution in [0.25, 0.3) is 5.65 Å². The molecule has 0 radical (unpaired) electrons. The van der Waals surface area contributed by atoms with Crippen molar-refractivity contribution in [3.8, 4) is 0 Å². The SMILES string of the molecule is CC(N)Cc1ccn2cnnc2c1. The average Bonchev–Trinajstić information content (AvgIpc) is 2.49. The van der Waals surface area contributed by atoms with E-state index < -0.39 is 0 Å². The first kappa shape index (κ1) is 8.19. The summed E-state index contributed by atoms with van der Waals surface area (Å²) in [7, 11) is 0. The predicted molar refractivity (Wildman–Crippen MR) is 50.3 cm³/mol. The van der Waals surface area contributed by atoms with Crippen molar-refractivity contribution in [2.45, 2.75) is 19.4 Å². The Morgan fingerprint density at radius 2 is 2.46 bits per heavy atom. The molecule has 0 saturated heterocycles. The Morgan fingerprint density at radius 1 is 1.62 bits per heavy atom. The smallest absolute Gasteiger partial charge is 0.160 e. The molecule has 0 fully saturated rings. The van der Waals surface area contributed by atoms with Gasteiger partial charge < -0.3 is 5.73 Å². The van der Waals surface area contributed by atoms with Crippen LogP contribution in [0.15, 0.2) is 24.7 Å². The molecule has 0 aromatic carbocycles. The zero-order valence-corrected chi connectivity index (χ0v) is 7.51. The Hall–Kier alpha value is -1.42. The van der Waals surface area contributed by atoms with Gasteiger partial charge in [0.1, 0.15) is 6.33 Å². The highest BCUT2D eigenvalue weighted by Gasteiger charge is 2.00. The highest BCUT2D eigenvalue weighted by atomic mass is 15.2. The van der Waals surface area contributed by atoms with Crippen LogP contribution in [0.3, 0.4) is 0 Å². The minimum atomic E-state index is 0.186. The quantitative estimate of drug-likeness (QED) is 0.729. The van der Waals surface area contributed by atoms with E-state index >= 15 is 0 Å². The van der Waals surface area contributed by atoms with Crippen LogP contribution in [-0.4, -0.2) is 20.6 Å². The minimum absolute atomic E-state index is 0.186. The van der Waals surface area contributed by atoms with Gasteiger partial charge in [-0.3, -0.25) is 4.40 Å². The van der Waals surface area contributed by atoms with Crippen LogP contribution in [0.4, 0.5) is 0 Å². The molecule has 13 heavy (non-hydrogen) atoms. The van der Waals surface area contributed by atoms with E-state index in [4.69, 9.17) is 5.73 Å². The average molecular weight is 176 g/mol. The Kier molecular flexibility index (Phi) is 1.98. The van der Waals surface area contributed by atoms with E-state index in [1.54, 1.807) is 6.33 Å². The second-order valence-corrected chi connectivity index (χ2v) is 3.31. The third-order valence-corrected chi connectivity index (χ3v) is 1.92. The van der Waals surface area contributed by atoms with Crippen molar-refractivity contribution in [1.29, 1.82) is 0 Å². The van der Waals surface area contributed by atoms with Gasteiger partial charge in [-0.15, -0.1) is 10.2 Å². The van der Waals surface area contributed by atoms with Crippen LogP contribution in [0.1, 0.15) is 12.5 Å². The molecule has 2 aromatic rings. The number of rotatable bonds is 2. The van der Waals surface area contributed by atoms with Crippen LogP contribution < -0.4 is 5.73 Å². The van der Waals surface area contributed by atoms with Crippen molar-refractivity contribution in [3.63, 3.8) is 0 Å². The van der Waals surface area contributed by atoms with Gasteiger partial charge in [-0.05, 0) is 31.0 Å². The molecule has 4 nitrogen and oxygen atoms in total. The molecule has 1 atom stereocenters. The largest absolute Gasteiger partial charge is 0.328 e. The van der Waals surface area contributed by atoms with Gasteiger partial charge in [0.2, 0.25) is 0 Å². The fraction of sp³-hybridized carbons (Fsp3) is 0.333. The summed E-state index contributed by atoms with van der Waals surface area (Å²) in [6.07, 6.45) is 4.52. The number of aromatic nitrogens is 3. The van der Waals surface area contributed by atoms with Crippen LogP contribution in [-0.2, 0) is 6.42 Å². The maximum Gasteiger partial charge on any atom is 0.160 e. The van der Waals surface area contributed by atoms with Gasteiger partial charge in [0.05, 0.1) is 0 Å². The van der Waals surface area contributed by atoms with Crippen LogP contribution in [0.2, 0.25) is 0 Å². The zero-order chi connectivity index (χ0) is 9.26. The Bertz CT molecular complexity index is 405. The van der Waals surface area contributed by atoms with E-state index in [0.29, 0.717) is 0 Å². The minimum Gasteiger partial charge on any atom is -0.328 e. The third-order valence-electron chi connectivity index (χ3n) is 1.92. The summed E-state index contributed by atoms with van der Waals surface area (Å²) >= 11 is 0. The van der Waals surface area contributed by atoms with Crippen molar-refractivity contribution >= 4 is 5.65 Å². The second kappa shape index (κ2) is 3.14. The predicted octanol–water partition coefficient (Wildman–Crippen LogP) is 0.619. The zero-order valence-electron chi connectivity index (χ0n) is 7.51. The second-order valence-electron chi connectivity index (χ2n) is 3.31. The van der Waals surface area contributed by atoms with Gasteiger partial charge in [-0.1, -0.05) is 0 Å². The number of hydrogen-bond acceptors (Lipinski definition) is 3. The topological polar surface area (TPSA) is 56.2 Å². The maximum atomic E-state index is 5.70. The maximum absolute atomic E-state index is 5.70. The highest BCUT2D eigenvalue weighted by Crippen LogP contribution is 2.05. The molecule has 0 aliphatic carbocycles. The highest BCUT2D eigenvalue weighted by molar-refractivity contribution is 5.39. The molecule has 0 aliphatic heterocycles. The monoisotopic (exact) mass is 176 g/mol. The first-order valence-corrected chi connectivity index (χ1v) is 4.29. The van der Waals surface area contributed by atoms with Gasteiger partial charge in [-0.25, -0.2) is 0 Å². The van der Waals surface area contributed by atoms with Crippen LogP contribution in [0, 0.1) is 0 Å². The Balaban J connectivity index is 2.37. The van der Waals surface area contributed by atoms with Crippen molar-refractivity contribution < 1.29 is 0 Å². The summed E-state index contributed by atoms with van der Waals surface area (Å²) in [5.74, 6) is 0. The normalized spacial score (nSPS) is 13.4. The van der Waals surface area contributed by atoms with E-state index in [1.807, 2.05) is 29.7 Å². The van der Waals surface area contributed by atoms with Gasteiger partial charge >= 0.3 is 0 Å². The van der Waals surface area contributed by atoms with Gasteiger partial charge in [-0.2, -0.15) is 0 Å². The summed E-state index contributed by atoms with van der Waals surface area (Å²) in [6.45, 7) is 1.99. The fourth-order valence-electron chi connectivity index (χ4n) is 1.36. The molecule has 2 rings (SSSR count). The van der Waals surface area contributed by atoms with E-state index in [9.17, 15) is 0 Å². The van der Waals surface area contributed by atoms with E-state index in [2.05, 4.69) is 10.2 Å². The standard InChI is InChI=1S/C9H12N4/c1-7(10)4-8-2-3-13-6-11-12-9(13)5-8/h2-3,5-7H,4,10H2,1H3. The van der Waals surface area contributed by atoms with Crippen molar-refractivity contribution in [2.75, 3.05) is 0 Å². The lowest BCUT2D eigenvalue weighted by molar-refractivity contribution is 0.737. The molecule has 1 unspecified atom stereocenters. The molecule has 4 heteroatoms. The van der Waals surface area contributed by atoms with Gasteiger partial charge in [0, 0.05) is 12.2 Å². The van der Waals surface area contributed by atoms with Crippen molar-refractivity contribution in [2.24, 2.45) is 5.73 Å². The number of pyridine rings is 1. The summed E-state index contributed by atoms with van der Waals surface area (Å²) in [5.41, 5.74) is 7.78. The first-order chi connectivity index (χ1) is 6.25. The number of nitrogens with zero attached hydrogens (tertiary/aromatic N) is 3.